The quantitative estimate of drug-likeness (QED) is 0.329. The molecule has 2 N–H and O–H groups in total. The van der Waals surface area contributed by atoms with Crippen molar-refractivity contribution in [2.75, 3.05) is 11.1 Å². The van der Waals surface area contributed by atoms with Gasteiger partial charge >= 0.3 is 0 Å². The van der Waals surface area contributed by atoms with Crippen LogP contribution in [0.3, 0.4) is 0 Å². The van der Waals surface area contributed by atoms with Crippen molar-refractivity contribution in [1.82, 2.24) is 9.97 Å². The fourth-order valence-corrected chi connectivity index (χ4v) is 5.07. The predicted octanol–water partition coefficient (Wildman–Crippen LogP) is 5.31. The van der Waals surface area contributed by atoms with E-state index < -0.39 is 0 Å². The van der Waals surface area contributed by atoms with E-state index in [9.17, 15) is 9.59 Å². The van der Waals surface area contributed by atoms with Gasteiger partial charge in [-0.15, -0.1) is 11.3 Å². The van der Waals surface area contributed by atoms with Crippen LogP contribution >= 0.6 is 23.1 Å². The van der Waals surface area contributed by atoms with E-state index >= 15 is 0 Å². The highest BCUT2D eigenvalue weighted by atomic mass is 32.2. The third-order valence-corrected chi connectivity index (χ3v) is 6.66. The number of aromatic nitrogens is 2. The number of benzene rings is 2. The van der Waals surface area contributed by atoms with Gasteiger partial charge in [-0.1, -0.05) is 54.2 Å². The average molecular weight is 436 g/mol. The van der Waals surface area contributed by atoms with Gasteiger partial charge < -0.3 is 10.3 Å². The summed E-state index contributed by atoms with van der Waals surface area (Å²) in [6, 6.07) is 15.8. The fraction of sp³-hybridized carbons (Fsp3) is 0.174. The normalized spacial score (nSPS) is 11.0. The average Bonchev–Trinajstić information content (AvgIpc) is 3.06. The van der Waals surface area contributed by atoms with Gasteiger partial charge in [0.25, 0.3) is 5.56 Å². The lowest BCUT2D eigenvalue weighted by molar-refractivity contribution is -0.113. The molecule has 2 heterocycles. The van der Waals surface area contributed by atoms with Crippen molar-refractivity contribution in [2.24, 2.45) is 0 Å². The first-order chi connectivity index (χ1) is 14.4. The molecule has 30 heavy (non-hydrogen) atoms. The van der Waals surface area contributed by atoms with Crippen LogP contribution in [0.15, 0.2) is 58.5 Å². The number of carbonyl (C=O) groups excluding carboxylic acids is 1. The number of amides is 1. The SMILES string of the molecule is Cc1ccc(C)c(NC(=O)CSc2nc3sc(C)c(-c4ccccc4)c3c(=O)[nH]2)c1. The Bertz CT molecular complexity index is 1290. The Morgan fingerprint density at radius 2 is 1.90 bits per heavy atom. The van der Waals surface area contributed by atoms with Crippen LogP contribution in [0, 0.1) is 20.8 Å². The number of fused-ring (bicyclic) bond motifs is 1. The van der Waals surface area contributed by atoms with E-state index in [0.29, 0.717) is 15.4 Å². The van der Waals surface area contributed by atoms with Crippen LogP contribution in [0.1, 0.15) is 16.0 Å². The molecule has 0 atom stereocenters. The molecule has 1 amide bonds. The molecule has 4 rings (SSSR count). The van der Waals surface area contributed by atoms with Gasteiger partial charge in [0.1, 0.15) is 4.83 Å². The van der Waals surface area contributed by atoms with Crippen LogP contribution in [-0.4, -0.2) is 21.6 Å². The number of nitrogens with one attached hydrogen (secondary N) is 2. The molecule has 0 radical (unpaired) electrons. The van der Waals surface area contributed by atoms with Crippen LogP contribution in [0.2, 0.25) is 0 Å². The summed E-state index contributed by atoms with van der Waals surface area (Å²) >= 11 is 2.72. The molecule has 7 heteroatoms. The first-order valence-corrected chi connectivity index (χ1v) is 11.3. The van der Waals surface area contributed by atoms with E-state index in [0.717, 1.165) is 32.8 Å². The molecule has 0 fully saturated rings. The molecule has 0 saturated heterocycles. The molecule has 2 aromatic carbocycles. The first-order valence-electron chi connectivity index (χ1n) is 9.51. The molecule has 0 aliphatic rings. The van der Waals surface area contributed by atoms with Crippen LogP contribution < -0.4 is 10.9 Å². The van der Waals surface area contributed by atoms with E-state index in [1.165, 1.54) is 23.1 Å². The van der Waals surface area contributed by atoms with Crippen molar-refractivity contribution < 1.29 is 4.79 Å². The zero-order chi connectivity index (χ0) is 21.3. The van der Waals surface area contributed by atoms with Crippen molar-refractivity contribution >= 4 is 44.9 Å². The zero-order valence-electron chi connectivity index (χ0n) is 16.9. The number of hydrogen-bond acceptors (Lipinski definition) is 5. The van der Waals surface area contributed by atoms with Gasteiger partial charge in [0, 0.05) is 16.1 Å². The van der Waals surface area contributed by atoms with Gasteiger partial charge in [-0.05, 0) is 43.5 Å². The van der Waals surface area contributed by atoms with Crippen molar-refractivity contribution in [2.45, 2.75) is 25.9 Å². The number of thiophene rings is 1. The van der Waals surface area contributed by atoms with Crippen molar-refractivity contribution in [3.05, 3.63) is 74.9 Å². The van der Waals surface area contributed by atoms with Crippen molar-refractivity contribution in [3.8, 4) is 11.1 Å². The van der Waals surface area contributed by atoms with E-state index in [2.05, 4.69) is 15.3 Å². The number of rotatable bonds is 5. The number of anilines is 1. The molecule has 5 nitrogen and oxygen atoms in total. The molecule has 0 bridgehead atoms. The van der Waals surface area contributed by atoms with Gasteiger partial charge in [0.15, 0.2) is 5.16 Å². The lowest BCUT2D eigenvalue weighted by atomic mass is 10.0. The van der Waals surface area contributed by atoms with Crippen molar-refractivity contribution in [3.63, 3.8) is 0 Å². The Morgan fingerprint density at radius 3 is 2.67 bits per heavy atom. The Kier molecular flexibility index (Phi) is 5.74. The maximum Gasteiger partial charge on any atom is 0.260 e. The summed E-state index contributed by atoms with van der Waals surface area (Å²) in [7, 11) is 0. The monoisotopic (exact) mass is 435 g/mol. The van der Waals surface area contributed by atoms with Gasteiger partial charge in [-0.3, -0.25) is 9.59 Å². The summed E-state index contributed by atoms with van der Waals surface area (Å²) in [5.74, 6) is 0.0290. The molecule has 0 aliphatic heterocycles. The topological polar surface area (TPSA) is 74.8 Å². The third-order valence-electron chi connectivity index (χ3n) is 4.79. The number of nitrogens with zero attached hydrogens (tertiary/aromatic N) is 1. The van der Waals surface area contributed by atoms with Crippen LogP contribution in [0.25, 0.3) is 21.3 Å². The third kappa shape index (κ3) is 4.17. The second-order valence-electron chi connectivity index (χ2n) is 7.11. The Labute approximate surface area is 182 Å². The molecule has 0 aliphatic carbocycles. The minimum atomic E-state index is -0.180. The van der Waals surface area contributed by atoms with Gasteiger partial charge in [0.05, 0.1) is 11.1 Å². The molecule has 0 saturated carbocycles. The van der Waals surface area contributed by atoms with Crippen molar-refractivity contribution in [1.29, 1.82) is 0 Å². The smallest absolute Gasteiger partial charge is 0.260 e. The molecule has 0 spiro atoms. The molecule has 2 aromatic heterocycles. The van der Waals surface area contributed by atoms with Crippen LogP contribution in [0.4, 0.5) is 5.69 Å². The molecule has 4 aromatic rings. The highest BCUT2D eigenvalue weighted by Gasteiger charge is 2.17. The van der Waals surface area contributed by atoms with E-state index in [1.54, 1.807) is 0 Å². The maximum atomic E-state index is 12.8. The standard InChI is InChI=1S/C23H21N3O2S2/c1-13-9-10-14(2)17(11-13)24-18(27)12-29-23-25-21(28)20-19(15(3)30-22(20)26-23)16-7-5-4-6-8-16/h4-11H,12H2,1-3H3,(H,24,27)(H,25,26,28). The van der Waals surface area contributed by atoms with Crippen LogP contribution in [0.5, 0.6) is 0 Å². The van der Waals surface area contributed by atoms with E-state index in [-0.39, 0.29) is 17.2 Å². The number of aromatic amines is 1. The van der Waals surface area contributed by atoms with Gasteiger partial charge in [-0.2, -0.15) is 0 Å². The molecular weight excluding hydrogens is 414 g/mol. The zero-order valence-corrected chi connectivity index (χ0v) is 18.5. The second kappa shape index (κ2) is 8.45. The molecule has 0 unspecified atom stereocenters. The van der Waals surface area contributed by atoms with E-state index in [1.807, 2.05) is 69.3 Å². The largest absolute Gasteiger partial charge is 0.325 e. The highest BCUT2D eigenvalue weighted by Crippen LogP contribution is 2.35. The van der Waals surface area contributed by atoms with Gasteiger partial charge in [-0.25, -0.2) is 4.98 Å². The highest BCUT2D eigenvalue weighted by molar-refractivity contribution is 7.99. The Hall–Kier alpha value is -2.90. The number of H-pyrrole nitrogens is 1. The number of aryl methyl sites for hydroxylation is 3. The number of thioether (sulfide) groups is 1. The summed E-state index contributed by atoms with van der Waals surface area (Å²) in [6.07, 6.45) is 0. The lowest BCUT2D eigenvalue weighted by Crippen LogP contribution is -2.16. The molecular formula is C23H21N3O2S2. The Morgan fingerprint density at radius 1 is 1.13 bits per heavy atom. The predicted molar refractivity (Wildman–Crippen MR) is 126 cm³/mol. The van der Waals surface area contributed by atoms with Crippen LogP contribution in [-0.2, 0) is 4.79 Å². The second-order valence-corrected chi connectivity index (χ2v) is 9.27. The van der Waals surface area contributed by atoms with E-state index in [4.69, 9.17) is 0 Å². The summed E-state index contributed by atoms with van der Waals surface area (Å²) in [6.45, 7) is 5.94. The minimum Gasteiger partial charge on any atom is -0.325 e. The summed E-state index contributed by atoms with van der Waals surface area (Å²) in [5.41, 5.74) is 4.65. The number of hydrogen-bond donors (Lipinski definition) is 2. The Balaban J connectivity index is 1.55. The summed E-state index contributed by atoms with van der Waals surface area (Å²) in [5, 5.41) is 3.98. The maximum absolute atomic E-state index is 12.8. The minimum absolute atomic E-state index is 0.135. The number of carbonyl (C=O) groups is 1. The lowest BCUT2D eigenvalue weighted by Gasteiger charge is -2.09. The summed E-state index contributed by atoms with van der Waals surface area (Å²) in [4.78, 5) is 34.4. The molecule has 152 valence electrons. The van der Waals surface area contributed by atoms with Gasteiger partial charge in [0.2, 0.25) is 5.91 Å². The summed E-state index contributed by atoms with van der Waals surface area (Å²) < 4.78 is 0. The first kappa shape index (κ1) is 20.4. The fourth-order valence-electron chi connectivity index (χ4n) is 3.31.